The summed E-state index contributed by atoms with van der Waals surface area (Å²) in [5.41, 5.74) is 7.49. The fraction of sp³-hybridized carbons (Fsp3) is 0.375. The maximum atomic E-state index is 12.8. The minimum atomic E-state index is -0.255. The minimum absolute atomic E-state index is 0.0167. The fourth-order valence-corrected chi connectivity index (χ4v) is 4.18. The number of amides is 1. The first kappa shape index (κ1) is 18.8. The molecule has 0 aromatic heterocycles. The fourth-order valence-electron chi connectivity index (χ4n) is 4.18. The minimum Gasteiger partial charge on any atom is -0.445 e. The van der Waals surface area contributed by atoms with Gasteiger partial charge in [-0.25, -0.2) is 4.79 Å². The van der Waals surface area contributed by atoms with Gasteiger partial charge in [-0.2, -0.15) is 0 Å². The molecule has 4 heteroatoms. The van der Waals surface area contributed by atoms with E-state index in [-0.39, 0.29) is 18.2 Å². The summed E-state index contributed by atoms with van der Waals surface area (Å²) in [4.78, 5) is 14.7. The van der Waals surface area contributed by atoms with E-state index in [2.05, 4.69) is 39.0 Å². The zero-order valence-electron chi connectivity index (χ0n) is 16.8. The molecule has 2 aliphatic rings. The molecule has 0 spiro atoms. The van der Waals surface area contributed by atoms with Crippen molar-refractivity contribution in [2.45, 2.75) is 45.9 Å². The van der Waals surface area contributed by atoms with Crippen molar-refractivity contribution in [1.29, 1.82) is 0 Å². The standard InChI is InChI=1S/C24H27NO3/c1-16-9-18(3)23(10-17(16)2)20-11-21-14-27-15-22(12-20)25(21)24(26)28-13-19-7-5-4-6-8-19/h4-11,21-22H,12-15H2,1-3H3. The van der Waals surface area contributed by atoms with Crippen LogP contribution in [0.4, 0.5) is 4.79 Å². The molecule has 0 radical (unpaired) electrons. The molecule has 0 aliphatic carbocycles. The van der Waals surface area contributed by atoms with Crippen LogP contribution < -0.4 is 0 Å². The highest BCUT2D eigenvalue weighted by atomic mass is 16.6. The van der Waals surface area contributed by atoms with Crippen molar-refractivity contribution < 1.29 is 14.3 Å². The molecule has 2 bridgehead atoms. The summed E-state index contributed by atoms with van der Waals surface area (Å²) in [7, 11) is 0. The average Bonchev–Trinajstić information content (AvgIpc) is 2.68. The summed E-state index contributed by atoms with van der Waals surface area (Å²) in [6.45, 7) is 7.83. The molecule has 1 amide bonds. The Bertz CT molecular complexity index is 904. The van der Waals surface area contributed by atoms with Gasteiger partial charge in [-0.05, 0) is 60.6 Å². The second-order valence-electron chi connectivity index (χ2n) is 7.85. The number of benzene rings is 2. The molecule has 4 nitrogen and oxygen atoms in total. The summed E-state index contributed by atoms with van der Waals surface area (Å²) in [5.74, 6) is 0. The Morgan fingerprint density at radius 2 is 1.82 bits per heavy atom. The summed E-state index contributed by atoms with van der Waals surface area (Å²) in [6.07, 6.45) is 2.73. The Hall–Kier alpha value is -2.59. The Labute approximate surface area is 166 Å². The summed E-state index contributed by atoms with van der Waals surface area (Å²) >= 11 is 0. The van der Waals surface area contributed by atoms with Gasteiger partial charge in [0.1, 0.15) is 6.61 Å². The molecule has 2 aliphatic heterocycles. The number of aryl methyl sites for hydroxylation is 3. The van der Waals surface area contributed by atoms with Crippen LogP contribution in [0.1, 0.15) is 34.2 Å². The lowest BCUT2D eigenvalue weighted by molar-refractivity contribution is -0.0342. The van der Waals surface area contributed by atoms with E-state index in [0.29, 0.717) is 19.8 Å². The quantitative estimate of drug-likeness (QED) is 0.771. The largest absolute Gasteiger partial charge is 0.445 e. The number of nitrogens with zero attached hydrogens (tertiary/aromatic N) is 1. The predicted molar refractivity (Wildman–Crippen MR) is 110 cm³/mol. The number of hydrogen-bond acceptors (Lipinski definition) is 3. The van der Waals surface area contributed by atoms with Gasteiger partial charge < -0.3 is 9.47 Å². The molecule has 0 saturated carbocycles. The van der Waals surface area contributed by atoms with Crippen LogP contribution in [0.15, 0.2) is 48.5 Å². The van der Waals surface area contributed by atoms with Crippen LogP contribution in [0.25, 0.3) is 5.57 Å². The number of ether oxygens (including phenoxy) is 2. The molecule has 146 valence electrons. The molecule has 1 saturated heterocycles. The van der Waals surface area contributed by atoms with Gasteiger partial charge in [0, 0.05) is 0 Å². The highest BCUT2D eigenvalue weighted by Gasteiger charge is 2.39. The van der Waals surface area contributed by atoms with Gasteiger partial charge in [0.15, 0.2) is 0 Å². The van der Waals surface area contributed by atoms with Crippen LogP contribution in [-0.4, -0.2) is 36.3 Å². The van der Waals surface area contributed by atoms with Gasteiger partial charge in [-0.1, -0.05) is 48.5 Å². The van der Waals surface area contributed by atoms with E-state index in [4.69, 9.17) is 9.47 Å². The van der Waals surface area contributed by atoms with Crippen LogP contribution >= 0.6 is 0 Å². The highest BCUT2D eigenvalue weighted by molar-refractivity contribution is 5.76. The van der Waals surface area contributed by atoms with Crippen LogP contribution in [-0.2, 0) is 16.1 Å². The molecule has 1 fully saturated rings. The lowest BCUT2D eigenvalue weighted by atomic mass is 9.86. The smallest absolute Gasteiger partial charge is 0.411 e. The van der Waals surface area contributed by atoms with Crippen LogP contribution in [0, 0.1) is 20.8 Å². The Kier molecular flexibility index (Phi) is 5.23. The molecule has 2 atom stereocenters. The van der Waals surface area contributed by atoms with E-state index in [1.807, 2.05) is 35.2 Å². The van der Waals surface area contributed by atoms with Gasteiger partial charge in [-0.3, -0.25) is 4.90 Å². The second-order valence-corrected chi connectivity index (χ2v) is 7.85. The first-order chi connectivity index (χ1) is 13.5. The molecule has 28 heavy (non-hydrogen) atoms. The second kappa shape index (κ2) is 7.80. The Morgan fingerprint density at radius 1 is 1.07 bits per heavy atom. The normalized spacial score (nSPS) is 21.2. The summed E-state index contributed by atoms with van der Waals surface area (Å²) in [6, 6.07) is 14.3. The summed E-state index contributed by atoms with van der Waals surface area (Å²) < 4.78 is 11.3. The maximum absolute atomic E-state index is 12.8. The van der Waals surface area contributed by atoms with E-state index in [1.54, 1.807) is 0 Å². The number of carbonyl (C=O) groups excluding carboxylic acids is 1. The lowest BCUT2D eigenvalue weighted by Gasteiger charge is -2.44. The van der Waals surface area contributed by atoms with Gasteiger partial charge in [-0.15, -0.1) is 0 Å². The number of rotatable bonds is 3. The molecule has 2 heterocycles. The van der Waals surface area contributed by atoms with Crippen molar-refractivity contribution in [2.24, 2.45) is 0 Å². The monoisotopic (exact) mass is 377 g/mol. The third-order valence-electron chi connectivity index (χ3n) is 5.80. The first-order valence-electron chi connectivity index (χ1n) is 9.88. The number of morpholine rings is 1. The molecule has 2 unspecified atom stereocenters. The topological polar surface area (TPSA) is 38.8 Å². The van der Waals surface area contributed by atoms with E-state index in [0.717, 1.165) is 12.0 Å². The maximum Gasteiger partial charge on any atom is 0.411 e. The van der Waals surface area contributed by atoms with Crippen molar-refractivity contribution >= 4 is 11.7 Å². The Balaban J connectivity index is 1.54. The average molecular weight is 377 g/mol. The van der Waals surface area contributed by atoms with Crippen LogP contribution in [0.2, 0.25) is 0 Å². The number of hydrogen-bond donors (Lipinski definition) is 0. The molecule has 4 rings (SSSR count). The van der Waals surface area contributed by atoms with E-state index >= 15 is 0 Å². The summed E-state index contributed by atoms with van der Waals surface area (Å²) in [5, 5.41) is 0. The molecular formula is C24H27NO3. The number of carbonyl (C=O) groups is 1. The SMILES string of the molecule is Cc1cc(C)c(C2=CC3COCC(C2)N3C(=O)OCc2ccccc2)cc1C. The van der Waals surface area contributed by atoms with Crippen molar-refractivity contribution in [3.05, 3.63) is 76.4 Å². The molecule has 0 N–H and O–H groups in total. The van der Waals surface area contributed by atoms with E-state index < -0.39 is 0 Å². The third kappa shape index (κ3) is 3.69. The molecular weight excluding hydrogens is 350 g/mol. The van der Waals surface area contributed by atoms with E-state index in [9.17, 15) is 4.79 Å². The van der Waals surface area contributed by atoms with Gasteiger partial charge in [0.2, 0.25) is 0 Å². The zero-order chi connectivity index (χ0) is 19.7. The van der Waals surface area contributed by atoms with Crippen molar-refractivity contribution in [2.75, 3.05) is 13.2 Å². The van der Waals surface area contributed by atoms with Gasteiger partial charge in [0.25, 0.3) is 0 Å². The van der Waals surface area contributed by atoms with Gasteiger partial charge in [0.05, 0.1) is 25.3 Å². The molecule has 2 aromatic carbocycles. The number of fused-ring (bicyclic) bond motifs is 2. The van der Waals surface area contributed by atoms with Crippen molar-refractivity contribution in [3.8, 4) is 0 Å². The van der Waals surface area contributed by atoms with Crippen LogP contribution in [0.3, 0.4) is 0 Å². The molecule has 2 aromatic rings. The van der Waals surface area contributed by atoms with Crippen molar-refractivity contribution in [1.82, 2.24) is 4.90 Å². The third-order valence-corrected chi connectivity index (χ3v) is 5.80. The lowest BCUT2D eigenvalue weighted by Crippen LogP contribution is -2.56. The highest BCUT2D eigenvalue weighted by Crippen LogP contribution is 2.35. The first-order valence-corrected chi connectivity index (χ1v) is 9.88. The zero-order valence-corrected chi connectivity index (χ0v) is 16.8. The van der Waals surface area contributed by atoms with Gasteiger partial charge >= 0.3 is 6.09 Å². The predicted octanol–water partition coefficient (Wildman–Crippen LogP) is 4.81. The van der Waals surface area contributed by atoms with Crippen LogP contribution in [0.5, 0.6) is 0 Å². The Morgan fingerprint density at radius 3 is 2.57 bits per heavy atom. The van der Waals surface area contributed by atoms with E-state index in [1.165, 1.54) is 27.8 Å². The van der Waals surface area contributed by atoms with Crippen molar-refractivity contribution in [3.63, 3.8) is 0 Å².